The summed E-state index contributed by atoms with van der Waals surface area (Å²) >= 11 is 1.99. The first-order chi connectivity index (χ1) is 8.83. The van der Waals surface area contributed by atoms with Crippen molar-refractivity contribution in [3.8, 4) is 0 Å². The van der Waals surface area contributed by atoms with E-state index in [4.69, 9.17) is 5.73 Å². The van der Waals surface area contributed by atoms with E-state index in [0.717, 1.165) is 0 Å². The van der Waals surface area contributed by atoms with Crippen LogP contribution < -0.4 is 11.1 Å². The van der Waals surface area contributed by atoms with E-state index >= 15 is 0 Å². The third kappa shape index (κ3) is 2.67. The molecule has 2 atom stereocenters. The molecule has 1 aromatic rings. The number of thioether (sulfide) groups is 1. The minimum Gasteiger partial charge on any atom is -0.381 e. The Morgan fingerprint density at radius 3 is 2.94 bits per heavy atom. The van der Waals surface area contributed by atoms with Crippen molar-refractivity contribution in [2.75, 3.05) is 11.1 Å². The van der Waals surface area contributed by atoms with Crippen molar-refractivity contribution in [3.05, 3.63) is 23.8 Å². The molecule has 2 unspecified atom stereocenters. The average Bonchev–Trinajstić information content (AvgIpc) is 2.41. The molecule has 0 saturated heterocycles. The second-order valence-electron chi connectivity index (χ2n) is 5.47. The van der Waals surface area contributed by atoms with Crippen LogP contribution in [-0.2, 0) is 6.42 Å². The molecule has 3 rings (SSSR count). The van der Waals surface area contributed by atoms with Gasteiger partial charge < -0.3 is 11.1 Å². The van der Waals surface area contributed by atoms with Gasteiger partial charge in [-0.2, -0.15) is 0 Å². The maximum Gasteiger partial charge on any atom is 0.0412 e. The summed E-state index contributed by atoms with van der Waals surface area (Å²) in [6.45, 7) is 0. The van der Waals surface area contributed by atoms with E-state index in [1.165, 1.54) is 60.4 Å². The van der Waals surface area contributed by atoms with Crippen molar-refractivity contribution < 1.29 is 0 Å². The Morgan fingerprint density at radius 2 is 2.06 bits per heavy atom. The van der Waals surface area contributed by atoms with Gasteiger partial charge in [0.15, 0.2) is 0 Å². The SMILES string of the molecule is NC1CCCCC1Nc1ccc2c(c1)CCCS2. The van der Waals surface area contributed by atoms with Crippen LogP contribution in [0.4, 0.5) is 5.69 Å². The fourth-order valence-electron chi connectivity index (χ4n) is 3.00. The number of fused-ring (bicyclic) bond motifs is 1. The second kappa shape index (κ2) is 5.54. The fourth-order valence-corrected chi connectivity index (χ4v) is 4.02. The largest absolute Gasteiger partial charge is 0.381 e. The molecule has 1 aliphatic heterocycles. The predicted octanol–water partition coefficient (Wildman–Crippen LogP) is 3.41. The summed E-state index contributed by atoms with van der Waals surface area (Å²) in [4.78, 5) is 1.47. The summed E-state index contributed by atoms with van der Waals surface area (Å²) in [6, 6.07) is 7.62. The number of anilines is 1. The van der Waals surface area contributed by atoms with E-state index in [2.05, 4.69) is 23.5 Å². The molecule has 1 fully saturated rings. The minimum atomic E-state index is 0.323. The Bertz CT molecular complexity index is 419. The maximum atomic E-state index is 6.20. The molecule has 3 heteroatoms. The van der Waals surface area contributed by atoms with E-state index in [1.54, 1.807) is 0 Å². The lowest BCUT2D eigenvalue weighted by Crippen LogP contribution is -2.42. The highest BCUT2D eigenvalue weighted by atomic mass is 32.2. The van der Waals surface area contributed by atoms with Crippen molar-refractivity contribution in [2.24, 2.45) is 5.73 Å². The third-order valence-corrected chi connectivity index (χ3v) is 5.28. The number of hydrogen-bond acceptors (Lipinski definition) is 3. The van der Waals surface area contributed by atoms with E-state index in [-0.39, 0.29) is 0 Å². The van der Waals surface area contributed by atoms with E-state index < -0.39 is 0 Å². The van der Waals surface area contributed by atoms with Crippen LogP contribution in [0.1, 0.15) is 37.7 Å². The molecule has 1 aromatic carbocycles. The first-order valence-corrected chi connectivity index (χ1v) is 8.09. The summed E-state index contributed by atoms with van der Waals surface area (Å²) in [5, 5.41) is 3.65. The van der Waals surface area contributed by atoms with Crippen LogP contribution in [0.3, 0.4) is 0 Å². The molecule has 0 bridgehead atoms. The van der Waals surface area contributed by atoms with Gasteiger partial charge in [-0.3, -0.25) is 0 Å². The molecule has 2 nitrogen and oxygen atoms in total. The molecule has 98 valence electrons. The zero-order valence-electron chi connectivity index (χ0n) is 10.8. The molecule has 1 aliphatic carbocycles. The van der Waals surface area contributed by atoms with Gasteiger partial charge in [-0.1, -0.05) is 12.8 Å². The summed E-state index contributed by atoms with van der Waals surface area (Å²) in [7, 11) is 0. The zero-order valence-corrected chi connectivity index (χ0v) is 11.6. The Hall–Kier alpha value is -0.670. The molecule has 1 heterocycles. The summed E-state index contributed by atoms with van der Waals surface area (Å²) in [5.74, 6) is 1.27. The molecule has 2 aliphatic rings. The third-order valence-electron chi connectivity index (χ3n) is 4.08. The van der Waals surface area contributed by atoms with Gasteiger partial charge in [0.2, 0.25) is 0 Å². The van der Waals surface area contributed by atoms with E-state index in [9.17, 15) is 0 Å². The second-order valence-corrected chi connectivity index (χ2v) is 6.61. The minimum absolute atomic E-state index is 0.323. The van der Waals surface area contributed by atoms with Crippen LogP contribution in [0.2, 0.25) is 0 Å². The first-order valence-electron chi connectivity index (χ1n) is 7.11. The van der Waals surface area contributed by atoms with Gasteiger partial charge in [-0.25, -0.2) is 0 Å². The van der Waals surface area contributed by atoms with Gasteiger partial charge in [0.1, 0.15) is 0 Å². The smallest absolute Gasteiger partial charge is 0.0412 e. The van der Waals surface area contributed by atoms with Crippen molar-refractivity contribution in [2.45, 2.75) is 55.5 Å². The molecular formula is C15H22N2S. The van der Waals surface area contributed by atoms with Gasteiger partial charge in [0.25, 0.3) is 0 Å². The van der Waals surface area contributed by atoms with Gasteiger partial charge in [-0.05, 0) is 55.2 Å². The molecule has 0 amide bonds. The highest BCUT2D eigenvalue weighted by Crippen LogP contribution is 2.32. The Morgan fingerprint density at radius 1 is 1.17 bits per heavy atom. The van der Waals surface area contributed by atoms with Crippen LogP contribution in [0, 0.1) is 0 Å². The molecule has 3 N–H and O–H groups in total. The molecule has 0 aromatic heterocycles. The number of aryl methyl sites for hydroxylation is 1. The van der Waals surface area contributed by atoms with Gasteiger partial charge >= 0.3 is 0 Å². The molecular weight excluding hydrogens is 240 g/mol. The van der Waals surface area contributed by atoms with Crippen molar-refractivity contribution in [1.29, 1.82) is 0 Å². The van der Waals surface area contributed by atoms with Gasteiger partial charge in [-0.15, -0.1) is 11.8 Å². The summed E-state index contributed by atoms with van der Waals surface area (Å²) in [5.41, 5.74) is 8.98. The summed E-state index contributed by atoms with van der Waals surface area (Å²) in [6.07, 6.45) is 7.52. The lowest BCUT2D eigenvalue weighted by Gasteiger charge is -2.30. The van der Waals surface area contributed by atoms with Crippen LogP contribution in [-0.4, -0.2) is 17.8 Å². The number of benzene rings is 1. The number of rotatable bonds is 2. The number of nitrogens with one attached hydrogen (secondary N) is 1. The topological polar surface area (TPSA) is 38.0 Å². The van der Waals surface area contributed by atoms with Crippen LogP contribution in [0.15, 0.2) is 23.1 Å². The highest BCUT2D eigenvalue weighted by Gasteiger charge is 2.21. The number of hydrogen-bond donors (Lipinski definition) is 2. The first kappa shape index (κ1) is 12.4. The van der Waals surface area contributed by atoms with Crippen molar-refractivity contribution >= 4 is 17.4 Å². The Balaban J connectivity index is 1.72. The molecule has 0 radical (unpaired) electrons. The van der Waals surface area contributed by atoms with Crippen LogP contribution in [0.5, 0.6) is 0 Å². The standard InChI is InChI=1S/C15H22N2S/c16-13-5-1-2-6-14(13)17-12-7-8-15-11(10-12)4-3-9-18-15/h7-8,10,13-14,17H,1-6,9,16H2. The average molecular weight is 262 g/mol. The maximum absolute atomic E-state index is 6.20. The quantitative estimate of drug-likeness (QED) is 0.858. The van der Waals surface area contributed by atoms with Crippen LogP contribution >= 0.6 is 11.8 Å². The monoisotopic (exact) mass is 262 g/mol. The van der Waals surface area contributed by atoms with E-state index in [1.807, 2.05) is 11.8 Å². The number of nitrogens with two attached hydrogens (primary N) is 1. The van der Waals surface area contributed by atoms with Crippen molar-refractivity contribution in [3.63, 3.8) is 0 Å². The lowest BCUT2D eigenvalue weighted by molar-refractivity contribution is 0.404. The van der Waals surface area contributed by atoms with Gasteiger partial charge in [0, 0.05) is 22.7 Å². The fraction of sp³-hybridized carbons (Fsp3) is 0.600. The van der Waals surface area contributed by atoms with Crippen LogP contribution in [0.25, 0.3) is 0 Å². The normalized spacial score (nSPS) is 27.6. The van der Waals surface area contributed by atoms with Crippen molar-refractivity contribution in [1.82, 2.24) is 0 Å². The lowest BCUT2D eigenvalue weighted by atomic mass is 9.91. The Labute approximate surface area is 114 Å². The Kier molecular flexibility index (Phi) is 3.80. The predicted molar refractivity (Wildman–Crippen MR) is 79.3 cm³/mol. The summed E-state index contributed by atoms with van der Waals surface area (Å²) < 4.78 is 0. The van der Waals surface area contributed by atoms with E-state index in [0.29, 0.717) is 12.1 Å². The van der Waals surface area contributed by atoms with Gasteiger partial charge in [0.05, 0.1) is 0 Å². The molecule has 0 spiro atoms. The molecule has 18 heavy (non-hydrogen) atoms. The molecule has 1 saturated carbocycles. The zero-order chi connectivity index (χ0) is 12.4. The highest BCUT2D eigenvalue weighted by molar-refractivity contribution is 7.99.